The molecular formula is C2H3FeNaO2. The van der Waals surface area contributed by atoms with Crippen LogP contribution in [0.3, 0.4) is 0 Å². The molecule has 0 unspecified atom stereocenters. The maximum atomic E-state index is 8.89. The molecule has 0 N–H and O–H groups in total. The Bertz CT molecular complexity index is 34.5. The van der Waals surface area contributed by atoms with Crippen molar-refractivity contribution in [3.8, 4) is 0 Å². The van der Waals surface area contributed by atoms with Crippen molar-refractivity contribution >= 4 is 5.97 Å². The molecular weight excluding hydrogens is 135 g/mol. The van der Waals surface area contributed by atoms with Crippen LogP contribution in [0.25, 0.3) is 0 Å². The zero-order chi connectivity index (χ0) is 3.58. The molecule has 0 atom stereocenters. The summed E-state index contributed by atoms with van der Waals surface area (Å²) in [5.41, 5.74) is 0. The van der Waals surface area contributed by atoms with Crippen molar-refractivity contribution in [2.45, 2.75) is 6.92 Å². The van der Waals surface area contributed by atoms with E-state index in [1.165, 1.54) is 0 Å². The second kappa shape index (κ2) is 9.37. The molecule has 0 aliphatic carbocycles. The Morgan fingerprint density at radius 2 is 1.67 bits per heavy atom. The van der Waals surface area contributed by atoms with Gasteiger partial charge in [0.15, 0.2) is 0 Å². The van der Waals surface area contributed by atoms with Gasteiger partial charge in [0.25, 0.3) is 0 Å². The fraction of sp³-hybridized carbons (Fsp3) is 0.500. The molecule has 0 fully saturated rings. The van der Waals surface area contributed by atoms with Gasteiger partial charge in [0.05, 0.1) is 0 Å². The van der Waals surface area contributed by atoms with Crippen LogP contribution in [0, 0.1) is 0 Å². The average molecular weight is 138 g/mol. The first-order valence-corrected chi connectivity index (χ1v) is 0.908. The number of rotatable bonds is 0. The molecule has 0 heterocycles. The molecule has 0 aromatic heterocycles. The molecule has 2 nitrogen and oxygen atoms in total. The van der Waals surface area contributed by atoms with Gasteiger partial charge < -0.3 is 9.90 Å². The van der Waals surface area contributed by atoms with Gasteiger partial charge in [-0.05, 0) is 6.92 Å². The van der Waals surface area contributed by atoms with Gasteiger partial charge in [-0.15, -0.1) is 0 Å². The van der Waals surface area contributed by atoms with Gasteiger partial charge in [0, 0.05) is 23.0 Å². The van der Waals surface area contributed by atoms with Crippen LogP contribution in [-0.2, 0) is 21.9 Å². The molecule has 4 heteroatoms. The van der Waals surface area contributed by atoms with E-state index in [1.54, 1.807) is 0 Å². The molecule has 0 aromatic carbocycles. The van der Waals surface area contributed by atoms with E-state index in [9.17, 15) is 0 Å². The Morgan fingerprint density at radius 1 is 1.67 bits per heavy atom. The molecule has 0 radical (unpaired) electrons. The second-order valence-electron chi connectivity index (χ2n) is 0.492. The standard InChI is InChI=1S/C2H4O2.Fe.Na/c1-2(3)4;;/h1H3,(H,3,4);;/q;;+1/p-1. The van der Waals surface area contributed by atoms with Crippen molar-refractivity contribution in [3.05, 3.63) is 0 Å². The van der Waals surface area contributed by atoms with E-state index in [-0.39, 0.29) is 46.6 Å². The molecule has 0 spiro atoms. The summed E-state index contributed by atoms with van der Waals surface area (Å²) in [5, 5.41) is 8.89. The Kier molecular flexibility index (Phi) is 24.6. The number of carboxylic acids is 1. The summed E-state index contributed by atoms with van der Waals surface area (Å²) in [5.74, 6) is -1.08. The van der Waals surface area contributed by atoms with Crippen LogP contribution in [-0.4, -0.2) is 5.97 Å². The Balaban J connectivity index is -0.0000000450. The first kappa shape index (κ1) is 15.8. The molecule has 0 aromatic rings. The van der Waals surface area contributed by atoms with E-state index < -0.39 is 5.97 Å². The zero-order valence-corrected chi connectivity index (χ0v) is 6.77. The normalized spacial score (nSPS) is 4.17. The molecule has 0 saturated carbocycles. The number of carboxylic acid groups (broad SMARTS) is 1. The average Bonchev–Trinajstić information content (AvgIpc) is 0.811. The third kappa shape index (κ3) is 81.1. The van der Waals surface area contributed by atoms with E-state index in [4.69, 9.17) is 9.90 Å². The van der Waals surface area contributed by atoms with Crippen molar-refractivity contribution in [2.75, 3.05) is 0 Å². The fourth-order valence-corrected chi connectivity index (χ4v) is 0. The fourth-order valence-electron chi connectivity index (χ4n) is 0. The smallest absolute Gasteiger partial charge is 0.550 e. The van der Waals surface area contributed by atoms with Crippen molar-refractivity contribution in [2.24, 2.45) is 0 Å². The van der Waals surface area contributed by atoms with Crippen LogP contribution in [0.1, 0.15) is 6.92 Å². The van der Waals surface area contributed by atoms with E-state index in [1.807, 2.05) is 0 Å². The molecule has 0 bridgehead atoms. The molecule has 6 heavy (non-hydrogen) atoms. The van der Waals surface area contributed by atoms with Crippen LogP contribution >= 0.6 is 0 Å². The molecule has 32 valence electrons. The minimum Gasteiger partial charge on any atom is -0.550 e. The minimum atomic E-state index is -1.08. The largest absolute Gasteiger partial charge is 1.00 e. The summed E-state index contributed by atoms with van der Waals surface area (Å²) in [6.07, 6.45) is 0. The number of hydrogen-bond donors (Lipinski definition) is 0. The summed E-state index contributed by atoms with van der Waals surface area (Å²) in [6, 6.07) is 0. The SMILES string of the molecule is CC(=O)[O-].[Fe].[Na+]. The summed E-state index contributed by atoms with van der Waals surface area (Å²) in [6.45, 7) is 0.972. The van der Waals surface area contributed by atoms with Gasteiger partial charge in [-0.2, -0.15) is 0 Å². The van der Waals surface area contributed by atoms with Crippen LogP contribution < -0.4 is 34.7 Å². The quantitative estimate of drug-likeness (QED) is 0.318. The molecule has 0 aliphatic rings. The first-order chi connectivity index (χ1) is 1.73. The number of hydrogen-bond acceptors (Lipinski definition) is 2. The molecule has 0 amide bonds. The maximum absolute atomic E-state index is 8.89. The van der Waals surface area contributed by atoms with Crippen LogP contribution in [0.4, 0.5) is 0 Å². The summed E-state index contributed by atoms with van der Waals surface area (Å²) in [7, 11) is 0. The van der Waals surface area contributed by atoms with Crippen molar-refractivity contribution in [3.63, 3.8) is 0 Å². The zero-order valence-electron chi connectivity index (χ0n) is 3.67. The molecule has 0 saturated heterocycles. The number of carbonyl (C=O) groups excluding carboxylic acids is 1. The molecule has 0 rings (SSSR count). The van der Waals surface area contributed by atoms with E-state index >= 15 is 0 Å². The Hall–Kier alpha value is 0.989. The van der Waals surface area contributed by atoms with Gasteiger partial charge in [-0.3, -0.25) is 0 Å². The van der Waals surface area contributed by atoms with E-state index in [0.29, 0.717) is 0 Å². The summed E-state index contributed by atoms with van der Waals surface area (Å²) < 4.78 is 0. The van der Waals surface area contributed by atoms with E-state index in [0.717, 1.165) is 6.92 Å². The predicted molar refractivity (Wildman–Crippen MR) is 10.7 cm³/mol. The summed E-state index contributed by atoms with van der Waals surface area (Å²) >= 11 is 0. The first-order valence-electron chi connectivity index (χ1n) is 0.908. The van der Waals surface area contributed by atoms with Gasteiger partial charge in [0.1, 0.15) is 0 Å². The van der Waals surface area contributed by atoms with Gasteiger partial charge in [0.2, 0.25) is 0 Å². The maximum Gasteiger partial charge on any atom is 1.00 e. The Labute approximate surface area is 69.1 Å². The van der Waals surface area contributed by atoms with Crippen LogP contribution in [0.5, 0.6) is 0 Å². The van der Waals surface area contributed by atoms with Crippen molar-refractivity contribution in [1.29, 1.82) is 0 Å². The molecule has 0 aliphatic heterocycles. The van der Waals surface area contributed by atoms with Crippen LogP contribution in [0.15, 0.2) is 0 Å². The number of aliphatic carboxylic acids is 1. The van der Waals surface area contributed by atoms with E-state index in [2.05, 4.69) is 0 Å². The van der Waals surface area contributed by atoms with Crippen molar-refractivity contribution < 1.29 is 56.5 Å². The predicted octanol–water partition coefficient (Wildman–Crippen LogP) is -4.24. The minimum absolute atomic E-state index is 0. The topological polar surface area (TPSA) is 40.1 Å². The third-order valence-electron chi connectivity index (χ3n) is 0. The van der Waals surface area contributed by atoms with Gasteiger partial charge >= 0.3 is 29.6 Å². The Morgan fingerprint density at radius 3 is 1.67 bits per heavy atom. The van der Waals surface area contributed by atoms with Gasteiger partial charge in [-0.1, -0.05) is 0 Å². The van der Waals surface area contributed by atoms with Crippen molar-refractivity contribution in [1.82, 2.24) is 0 Å². The monoisotopic (exact) mass is 138 g/mol. The third-order valence-corrected chi connectivity index (χ3v) is 0. The number of carbonyl (C=O) groups is 1. The van der Waals surface area contributed by atoms with Crippen LogP contribution in [0.2, 0.25) is 0 Å². The summed E-state index contributed by atoms with van der Waals surface area (Å²) in [4.78, 5) is 8.89. The second-order valence-corrected chi connectivity index (χ2v) is 0.492. The van der Waals surface area contributed by atoms with Gasteiger partial charge in [-0.25, -0.2) is 0 Å².